The highest BCUT2D eigenvalue weighted by Crippen LogP contribution is 2.38. The van der Waals surface area contributed by atoms with Crippen LogP contribution < -0.4 is 0 Å². The Morgan fingerprint density at radius 1 is 1.36 bits per heavy atom. The van der Waals surface area contributed by atoms with Gasteiger partial charge >= 0.3 is 0 Å². The normalized spacial score (nSPS) is 33.4. The zero-order chi connectivity index (χ0) is 10.7. The molecule has 0 aromatic heterocycles. The second-order valence-corrected chi connectivity index (χ2v) is 5.22. The van der Waals surface area contributed by atoms with Crippen LogP contribution in [0.25, 0.3) is 0 Å². The van der Waals surface area contributed by atoms with Crippen molar-refractivity contribution in [1.29, 1.82) is 0 Å². The van der Waals surface area contributed by atoms with Gasteiger partial charge in [0, 0.05) is 12.3 Å². The Bertz CT molecular complexity index is 195. The van der Waals surface area contributed by atoms with E-state index in [9.17, 15) is 4.79 Å². The Labute approximate surface area is 88.3 Å². The van der Waals surface area contributed by atoms with Gasteiger partial charge in [0.05, 0.1) is 0 Å². The Kier molecular flexibility index (Phi) is 4.15. The highest BCUT2D eigenvalue weighted by Gasteiger charge is 2.32. The number of carbonyl (C=O) groups is 1. The van der Waals surface area contributed by atoms with Crippen LogP contribution in [0.3, 0.4) is 0 Å². The maximum absolute atomic E-state index is 11.7. The van der Waals surface area contributed by atoms with Crippen molar-refractivity contribution in [2.75, 3.05) is 0 Å². The van der Waals surface area contributed by atoms with Crippen molar-refractivity contribution in [2.45, 2.75) is 53.4 Å². The van der Waals surface area contributed by atoms with Crippen LogP contribution in [-0.4, -0.2) is 5.78 Å². The minimum atomic E-state index is 0.362. The molecule has 1 nitrogen and oxygen atoms in total. The first-order valence-electron chi connectivity index (χ1n) is 6.09. The van der Waals surface area contributed by atoms with Crippen molar-refractivity contribution >= 4 is 5.78 Å². The molecule has 0 heterocycles. The summed E-state index contributed by atoms with van der Waals surface area (Å²) in [4.78, 5) is 11.7. The maximum Gasteiger partial charge on any atom is 0.135 e. The minimum Gasteiger partial charge on any atom is -0.299 e. The monoisotopic (exact) mass is 196 g/mol. The fraction of sp³-hybridized carbons (Fsp3) is 0.923. The van der Waals surface area contributed by atoms with E-state index in [1.165, 1.54) is 12.8 Å². The average Bonchev–Trinajstić information content (AvgIpc) is 2.17. The Balaban J connectivity index is 2.59. The van der Waals surface area contributed by atoms with E-state index in [0.717, 1.165) is 24.7 Å². The van der Waals surface area contributed by atoms with Crippen LogP contribution in [0, 0.1) is 23.7 Å². The van der Waals surface area contributed by atoms with Crippen LogP contribution >= 0.6 is 0 Å². The molecule has 0 aromatic rings. The first-order chi connectivity index (χ1) is 6.56. The quantitative estimate of drug-likeness (QED) is 0.673. The molecular weight excluding hydrogens is 172 g/mol. The third-order valence-electron chi connectivity index (χ3n) is 3.94. The minimum absolute atomic E-state index is 0.362. The second kappa shape index (κ2) is 4.95. The maximum atomic E-state index is 11.7. The molecule has 0 N–H and O–H groups in total. The van der Waals surface area contributed by atoms with Gasteiger partial charge in [-0.2, -0.15) is 0 Å². The predicted octanol–water partition coefficient (Wildman–Crippen LogP) is 3.67. The Morgan fingerprint density at radius 3 is 2.50 bits per heavy atom. The third kappa shape index (κ3) is 2.59. The summed E-state index contributed by atoms with van der Waals surface area (Å²) in [5.74, 6) is 3.00. The van der Waals surface area contributed by atoms with E-state index in [-0.39, 0.29) is 0 Å². The molecule has 14 heavy (non-hydrogen) atoms. The summed E-state index contributed by atoms with van der Waals surface area (Å²) < 4.78 is 0. The number of carbonyl (C=O) groups excluding carboxylic acids is 1. The van der Waals surface area contributed by atoms with Crippen molar-refractivity contribution in [2.24, 2.45) is 23.7 Å². The molecule has 1 saturated carbocycles. The van der Waals surface area contributed by atoms with Gasteiger partial charge in [-0.25, -0.2) is 0 Å². The topological polar surface area (TPSA) is 17.1 Å². The van der Waals surface area contributed by atoms with Crippen molar-refractivity contribution in [3.63, 3.8) is 0 Å². The molecule has 1 rings (SSSR count). The van der Waals surface area contributed by atoms with Crippen LogP contribution in [0.15, 0.2) is 0 Å². The standard InChI is InChI=1S/C13H24O/c1-5-13(14)12-8-11(9(2)3)7-6-10(12)4/h9-12H,5-8H2,1-4H3/t10-,11-,12-/m0/s1. The average molecular weight is 196 g/mol. The molecule has 0 spiro atoms. The van der Waals surface area contributed by atoms with Crippen LogP contribution in [0.5, 0.6) is 0 Å². The summed E-state index contributed by atoms with van der Waals surface area (Å²) in [6.07, 6.45) is 4.44. The Morgan fingerprint density at radius 2 is 2.00 bits per heavy atom. The smallest absolute Gasteiger partial charge is 0.135 e. The first kappa shape index (κ1) is 11.7. The van der Waals surface area contributed by atoms with E-state index in [1.54, 1.807) is 0 Å². The summed E-state index contributed by atoms with van der Waals surface area (Å²) in [5.41, 5.74) is 0. The molecule has 1 fully saturated rings. The third-order valence-corrected chi connectivity index (χ3v) is 3.94. The van der Waals surface area contributed by atoms with Crippen LogP contribution in [0.4, 0.5) is 0 Å². The van der Waals surface area contributed by atoms with Gasteiger partial charge in [-0.3, -0.25) is 4.79 Å². The number of ketones is 1. The summed E-state index contributed by atoms with van der Waals surface area (Å²) in [6, 6.07) is 0. The number of rotatable bonds is 3. The van der Waals surface area contributed by atoms with Gasteiger partial charge in [-0.15, -0.1) is 0 Å². The van der Waals surface area contributed by atoms with E-state index in [0.29, 0.717) is 17.6 Å². The molecule has 0 saturated heterocycles. The van der Waals surface area contributed by atoms with Crippen molar-refractivity contribution in [1.82, 2.24) is 0 Å². The van der Waals surface area contributed by atoms with E-state index in [4.69, 9.17) is 0 Å². The molecule has 0 bridgehead atoms. The Hall–Kier alpha value is -0.330. The van der Waals surface area contributed by atoms with Crippen LogP contribution in [0.2, 0.25) is 0 Å². The highest BCUT2D eigenvalue weighted by atomic mass is 16.1. The van der Waals surface area contributed by atoms with Gasteiger partial charge in [0.2, 0.25) is 0 Å². The molecule has 0 amide bonds. The zero-order valence-electron chi connectivity index (χ0n) is 10.0. The fourth-order valence-electron chi connectivity index (χ4n) is 2.67. The van der Waals surface area contributed by atoms with E-state index >= 15 is 0 Å². The van der Waals surface area contributed by atoms with Gasteiger partial charge in [-0.05, 0) is 37.0 Å². The largest absolute Gasteiger partial charge is 0.299 e. The zero-order valence-corrected chi connectivity index (χ0v) is 10.0. The van der Waals surface area contributed by atoms with Crippen LogP contribution in [-0.2, 0) is 4.79 Å². The molecule has 3 atom stereocenters. The van der Waals surface area contributed by atoms with E-state index in [1.807, 2.05) is 6.92 Å². The van der Waals surface area contributed by atoms with Gasteiger partial charge in [-0.1, -0.05) is 27.7 Å². The fourth-order valence-corrected chi connectivity index (χ4v) is 2.67. The van der Waals surface area contributed by atoms with Crippen molar-refractivity contribution in [3.05, 3.63) is 0 Å². The summed E-state index contributed by atoms with van der Waals surface area (Å²) in [7, 11) is 0. The van der Waals surface area contributed by atoms with E-state index < -0.39 is 0 Å². The lowest BCUT2D eigenvalue weighted by Gasteiger charge is -2.35. The SMILES string of the molecule is CCC(=O)[C@H]1C[C@@H](C(C)C)CC[C@@H]1C. The summed E-state index contributed by atoms with van der Waals surface area (Å²) >= 11 is 0. The molecular formula is C13H24O. The molecule has 0 aromatic carbocycles. The first-order valence-corrected chi connectivity index (χ1v) is 6.09. The van der Waals surface area contributed by atoms with Gasteiger partial charge in [0.1, 0.15) is 5.78 Å². The molecule has 0 unspecified atom stereocenters. The summed E-state index contributed by atoms with van der Waals surface area (Å²) in [6.45, 7) is 8.81. The van der Waals surface area contributed by atoms with Gasteiger partial charge < -0.3 is 0 Å². The molecule has 82 valence electrons. The molecule has 1 aliphatic rings. The van der Waals surface area contributed by atoms with Gasteiger partial charge in [0.25, 0.3) is 0 Å². The predicted molar refractivity (Wildman–Crippen MR) is 60.1 cm³/mol. The highest BCUT2D eigenvalue weighted by molar-refractivity contribution is 5.81. The number of Topliss-reactive ketones (excluding diaryl/α,β-unsaturated/α-hetero) is 1. The molecule has 1 aliphatic carbocycles. The lowest BCUT2D eigenvalue weighted by atomic mass is 9.69. The summed E-state index contributed by atoms with van der Waals surface area (Å²) in [5, 5.41) is 0. The lowest BCUT2D eigenvalue weighted by molar-refractivity contribution is -0.125. The lowest BCUT2D eigenvalue weighted by Crippen LogP contribution is -2.31. The second-order valence-electron chi connectivity index (χ2n) is 5.22. The molecule has 1 heteroatoms. The van der Waals surface area contributed by atoms with Gasteiger partial charge in [0.15, 0.2) is 0 Å². The van der Waals surface area contributed by atoms with Crippen molar-refractivity contribution in [3.8, 4) is 0 Å². The molecule has 0 aliphatic heterocycles. The van der Waals surface area contributed by atoms with E-state index in [2.05, 4.69) is 20.8 Å². The van der Waals surface area contributed by atoms with Crippen molar-refractivity contribution < 1.29 is 4.79 Å². The molecule has 0 radical (unpaired) electrons. The van der Waals surface area contributed by atoms with Crippen LogP contribution in [0.1, 0.15) is 53.4 Å². The number of hydrogen-bond donors (Lipinski definition) is 0. The number of hydrogen-bond acceptors (Lipinski definition) is 1.